The fourth-order valence-electron chi connectivity index (χ4n) is 4.34. The normalized spacial score (nSPS) is 13.5. The van der Waals surface area contributed by atoms with Crippen molar-refractivity contribution in [3.05, 3.63) is 70.4 Å². The molecule has 0 saturated carbocycles. The van der Waals surface area contributed by atoms with Gasteiger partial charge in [-0.1, -0.05) is 18.6 Å². The standard InChI is InChI=1S/C26H24F3N3O2/c1-33-23-11-10-16(12-17(23)15-34-19-7-5-6-18(13-19)26(27,28)29)24-20-8-3-2-4-9-22(20)32-25(31)21(24)14-30/h5-7,10-13H,2-4,8-9,15H2,1H3,(H2,31,32). The van der Waals surface area contributed by atoms with Gasteiger partial charge in [0.05, 0.1) is 12.7 Å². The maximum atomic E-state index is 13.0. The molecule has 176 valence electrons. The number of aromatic nitrogens is 1. The highest BCUT2D eigenvalue weighted by Gasteiger charge is 2.30. The van der Waals surface area contributed by atoms with Crippen LogP contribution in [0.3, 0.4) is 0 Å². The number of fused-ring (bicyclic) bond motifs is 1. The van der Waals surface area contributed by atoms with Crippen molar-refractivity contribution in [2.75, 3.05) is 12.8 Å². The molecule has 2 N–H and O–H groups in total. The molecule has 0 radical (unpaired) electrons. The second-order valence-corrected chi connectivity index (χ2v) is 8.19. The Bertz CT molecular complexity index is 1250. The van der Waals surface area contributed by atoms with Crippen LogP contribution in [0.25, 0.3) is 11.1 Å². The zero-order valence-corrected chi connectivity index (χ0v) is 18.7. The minimum atomic E-state index is -4.45. The predicted octanol–water partition coefficient (Wildman–Crippen LogP) is 6.08. The van der Waals surface area contributed by atoms with Crippen LogP contribution < -0.4 is 15.2 Å². The minimum absolute atomic E-state index is 0.0109. The molecule has 1 aromatic heterocycles. The maximum absolute atomic E-state index is 13.0. The molecular formula is C26H24F3N3O2. The molecule has 34 heavy (non-hydrogen) atoms. The van der Waals surface area contributed by atoms with E-state index in [1.165, 1.54) is 19.2 Å². The van der Waals surface area contributed by atoms with Crippen molar-refractivity contribution in [1.29, 1.82) is 5.26 Å². The first kappa shape index (κ1) is 23.4. The van der Waals surface area contributed by atoms with Gasteiger partial charge in [-0.3, -0.25) is 0 Å². The summed E-state index contributed by atoms with van der Waals surface area (Å²) >= 11 is 0. The Labute approximate surface area is 196 Å². The number of ether oxygens (including phenoxy) is 2. The SMILES string of the molecule is COc1ccc(-c2c(C#N)c(N)nc3c2CCCCC3)cc1COc1cccc(C(F)(F)F)c1. The van der Waals surface area contributed by atoms with E-state index in [0.29, 0.717) is 16.9 Å². The third-order valence-electron chi connectivity index (χ3n) is 5.99. The summed E-state index contributed by atoms with van der Waals surface area (Å²) < 4.78 is 50.3. The molecular weight excluding hydrogens is 443 g/mol. The van der Waals surface area contributed by atoms with Gasteiger partial charge in [0, 0.05) is 16.8 Å². The molecule has 0 aliphatic heterocycles. The van der Waals surface area contributed by atoms with Crippen LogP contribution in [-0.2, 0) is 25.6 Å². The second-order valence-electron chi connectivity index (χ2n) is 8.19. The summed E-state index contributed by atoms with van der Waals surface area (Å²) in [5, 5.41) is 9.84. The average molecular weight is 467 g/mol. The Morgan fingerprint density at radius 3 is 2.62 bits per heavy atom. The number of nitrogens with two attached hydrogens (primary N) is 1. The number of nitrogens with zero attached hydrogens (tertiary/aromatic N) is 2. The number of halogens is 3. The van der Waals surface area contributed by atoms with E-state index < -0.39 is 11.7 Å². The van der Waals surface area contributed by atoms with Crippen LogP contribution in [0.5, 0.6) is 11.5 Å². The monoisotopic (exact) mass is 467 g/mol. The van der Waals surface area contributed by atoms with Gasteiger partial charge in [0.15, 0.2) is 0 Å². The Hall–Kier alpha value is -3.73. The summed E-state index contributed by atoms with van der Waals surface area (Å²) in [5.74, 6) is 0.833. The summed E-state index contributed by atoms with van der Waals surface area (Å²) in [4.78, 5) is 4.50. The van der Waals surface area contributed by atoms with Crippen LogP contribution in [0, 0.1) is 11.3 Å². The van der Waals surface area contributed by atoms with Crippen LogP contribution >= 0.6 is 0 Å². The molecule has 0 atom stereocenters. The molecule has 0 bridgehead atoms. The first-order chi connectivity index (χ1) is 16.3. The van der Waals surface area contributed by atoms with Crippen molar-refractivity contribution >= 4 is 5.82 Å². The van der Waals surface area contributed by atoms with Gasteiger partial charge in [-0.15, -0.1) is 0 Å². The smallest absolute Gasteiger partial charge is 0.416 e. The third kappa shape index (κ3) is 4.79. The van der Waals surface area contributed by atoms with Crippen LogP contribution in [0.1, 0.15) is 47.2 Å². The number of alkyl halides is 3. The molecule has 2 aromatic carbocycles. The molecule has 1 aliphatic rings. The molecule has 0 spiro atoms. The van der Waals surface area contributed by atoms with Crippen LogP contribution in [-0.4, -0.2) is 12.1 Å². The molecule has 1 heterocycles. The van der Waals surface area contributed by atoms with Crippen molar-refractivity contribution in [3.8, 4) is 28.7 Å². The lowest BCUT2D eigenvalue weighted by atomic mass is 9.91. The highest BCUT2D eigenvalue weighted by Crippen LogP contribution is 2.38. The Morgan fingerprint density at radius 1 is 1.09 bits per heavy atom. The molecule has 5 nitrogen and oxygen atoms in total. The molecule has 4 rings (SSSR count). The summed E-state index contributed by atoms with van der Waals surface area (Å²) in [6.07, 6.45) is 0.246. The van der Waals surface area contributed by atoms with Crippen molar-refractivity contribution in [2.24, 2.45) is 0 Å². The van der Waals surface area contributed by atoms with Gasteiger partial charge in [0.25, 0.3) is 0 Å². The summed E-state index contributed by atoms with van der Waals surface area (Å²) in [5.41, 5.74) is 9.81. The Balaban J connectivity index is 1.73. The van der Waals surface area contributed by atoms with Gasteiger partial charge in [-0.2, -0.15) is 18.4 Å². The van der Waals surface area contributed by atoms with Crippen molar-refractivity contribution in [2.45, 2.75) is 44.9 Å². The molecule has 0 unspecified atom stereocenters. The first-order valence-corrected chi connectivity index (χ1v) is 11.0. The lowest BCUT2D eigenvalue weighted by Gasteiger charge is -2.18. The first-order valence-electron chi connectivity index (χ1n) is 11.0. The fourth-order valence-corrected chi connectivity index (χ4v) is 4.34. The zero-order chi connectivity index (χ0) is 24.3. The number of nitrogen functional groups attached to an aromatic ring is 1. The number of nitriles is 1. The van der Waals surface area contributed by atoms with Gasteiger partial charge in [-0.25, -0.2) is 4.98 Å². The van der Waals surface area contributed by atoms with E-state index in [2.05, 4.69) is 11.1 Å². The number of benzene rings is 2. The fraction of sp³-hybridized carbons (Fsp3) is 0.308. The van der Waals surface area contributed by atoms with Crippen molar-refractivity contribution in [3.63, 3.8) is 0 Å². The lowest BCUT2D eigenvalue weighted by Crippen LogP contribution is -2.08. The molecule has 0 saturated heterocycles. The quantitative estimate of drug-likeness (QED) is 0.460. The van der Waals surface area contributed by atoms with Crippen LogP contribution in [0.2, 0.25) is 0 Å². The molecule has 0 amide bonds. The topological polar surface area (TPSA) is 81.2 Å². The van der Waals surface area contributed by atoms with E-state index in [1.807, 2.05) is 12.1 Å². The van der Waals surface area contributed by atoms with Gasteiger partial charge >= 0.3 is 6.18 Å². The molecule has 1 aliphatic carbocycles. The lowest BCUT2D eigenvalue weighted by molar-refractivity contribution is -0.137. The summed E-state index contributed by atoms with van der Waals surface area (Å²) in [6.45, 7) is -0.0109. The largest absolute Gasteiger partial charge is 0.496 e. The second kappa shape index (κ2) is 9.64. The number of hydrogen-bond donors (Lipinski definition) is 1. The number of anilines is 1. The molecule has 8 heteroatoms. The highest BCUT2D eigenvalue weighted by molar-refractivity contribution is 5.80. The number of rotatable bonds is 5. The van der Waals surface area contributed by atoms with Crippen molar-refractivity contribution < 1.29 is 22.6 Å². The van der Waals surface area contributed by atoms with E-state index in [1.54, 1.807) is 6.07 Å². The van der Waals surface area contributed by atoms with E-state index in [4.69, 9.17) is 15.2 Å². The highest BCUT2D eigenvalue weighted by atomic mass is 19.4. The molecule has 0 fully saturated rings. The van der Waals surface area contributed by atoms with Crippen LogP contribution in [0.4, 0.5) is 19.0 Å². The van der Waals surface area contributed by atoms with E-state index in [-0.39, 0.29) is 18.2 Å². The van der Waals surface area contributed by atoms with E-state index in [9.17, 15) is 18.4 Å². The maximum Gasteiger partial charge on any atom is 0.416 e. The Kier molecular flexibility index (Phi) is 6.64. The Morgan fingerprint density at radius 2 is 1.88 bits per heavy atom. The van der Waals surface area contributed by atoms with E-state index in [0.717, 1.165) is 66.6 Å². The third-order valence-corrected chi connectivity index (χ3v) is 5.99. The van der Waals surface area contributed by atoms with Gasteiger partial charge < -0.3 is 15.2 Å². The summed E-state index contributed by atoms with van der Waals surface area (Å²) in [7, 11) is 1.51. The van der Waals surface area contributed by atoms with Gasteiger partial charge in [0.2, 0.25) is 0 Å². The minimum Gasteiger partial charge on any atom is -0.496 e. The number of pyridine rings is 1. The number of hydrogen-bond acceptors (Lipinski definition) is 5. The zero-order valence-electron chi connectivity index (χ0n) is 18.7. The predicted molar refractivity (Wildman–Crippen MR) is 122 cm³/mol. The van der Waals surface area contributed by atoms with Crippen molar-refractivity contribution in [1.82, 2.24) is 4.98 Å². The average Bonchev–Trinajstić information content (AvgIpc) is 3.06. The van der Waals surface area contributed by atoms with Gasteiger partial charge in [-0.05, 0) is 67.1 Å². The van der Waals surface area contributed by atoms with Crippen LogP contribution in [0.15, 0.2) is 42.5 Å². The number of aryl methyl sites for hydroxylation is 1. The number of methoxy groups -OCH3 is 1. The van der Waals surface area contributed by atoms with Gasteiger partial charge in [0.1, 0.15) is 35.6 Å². The summed E-state index contributed by atoms with van der Waals surface area (Å²) in [6, 6.07) is 12.4. The van der Waals surface area contributed by atoms with E-state index >= 15 is 0 Å². The molecule has 3 aromatic rings.